The van der Waals surface area contributed by atoms with Gasteiger partial charge in [-0.1, -0.05) is 6.07 Å². The third-order valence-corrected chi connectivity index (χ3v) is 3.43. The number of methoxy groups -OCH3 is 2. The van der Waals surface area contributed by atoms with Gasteiger partial charge in [0.15, 0.2) is 11.5 Å². The van der Waals surface area contributed by atoms with E-state index in [2.05, 4.69) is 17.4 Å². The summed E-state index contributed by atoms with van der Waals surface area (Å²) in [4.78, 5) is 0. The Labute approximate surface area is 115 Å². The number of rotatable bonds is 4. The van der Waals surface area contributed by atoms with Crippen molar-refractivity contribution in [2.75, 3.05) is 27.3 Å². The van der Waals surface area contributed by atoms with Gasteiger partial charge in [-0.25, -0.2) is 0 Å². The van der Waals surface area contributed by atoms with Gasteiger partial charge < -0.3 is 14.8 Å². The molecule has 102 valence electrons. The van der Waals surface area contributed by atoms with Crippen molar-refractivity contribution in [2.24, 2.45) is 5.92 Å². The molecule has 0 bridgehead atoms. The summed E-state index contributed by atoms with van der Waals surface area (Å²) in [6.07, 6.45) is 3.69. The lowest BCUT2D eigenvalue weighted by atomic mass is 9.91. The lowest BCUT2D eigenvalue weighted by Crippen LogP contribution is -2.28. The fourth-order valence-electron chi connectivity index (χ4n) is 2.43. The van der Waals surface area contributed by atoms with Crippen LogP contribution < -0.4 is 14.8 Å². The Hall–Kier alpha value is -0.930. The molecule has 4 heteroatoms. The summed E-state index contributed by atoms with van der Waals surface area (Å²) in [6, 6.07) is 6.24. The van der Waals surface area contributed by atoms with Crippen molar-refractivity contribution in [1.82, 2.24) is 5.32 Å². The van der Waals surface area contributed by atoms with E-state index in [0.717, 1.165) is 36.9 Å². The second kappa shape index (κ2) is 7.49. The van der Waals surface area contributed by atoms with Crippen LogP contribution in [0.4, 0.5) is 0 Å². The molecule has 1 saturated heterocycles. The molecule has 0 saturated carbocycles. The average Bonchev–Trinajstić information content (AvgIpc) is 2.40. The van der Waals surface area contributed by atoms with Gasteiger partial charge in [0.2, 0.25) is 0 Å². The molecule has 2 rings (SSSR count). The SMILES string of the molecule is COc1ccc(CC2CCNCC2)cc1OC.Cl. The van der Waals surface area contributed by atoms with Crippen molar-refractivity contribution < 1.29 is 9.47 Å². The molecular weight excluding hydrogens is 250 g/mol. The van der Waals surface area contributed by atoms with Crippen LogP contribution in [-0.4, -0.2) is 27.3 Å². The molecule has 1 aromatic carbocycles. The van der Waals surface area contributed by atoms with Crippen LogP contribution in [-0.2, 0) is 6.42 Å². The van der Waals surface area contributed by atoms with Crippen molar-refractivity contribution in [3.63, 3.8) is 0 Å². The van der Waals surface area contributed by atoms with Crippen LogP contribution in [0, 0.1) is 5.92 Å². The van der Waals surface area contributed by atoms with Gasteiger partial charge in [0.1, 0.15) is 0 Å². The Morgan fingerprint density at radius 2 is 1.78 bits per heavy atom. The molecule has 0 spiro atoms. The molecule has 1 N–H and O–H groups in total. The van der Waals surface area contributed by atoms with Crippen LogP contribution in [0.3, 0.4) is 0 Å². The predicted molar refractivity (Wildman–Crippen MR) is 76.1 cm³/mol. The fraction of sp³-hybridized carbons (Fsp3) is 0.571. The van der Waals surface area contributed by atoms with E-state index in [0.29, 0.717) is 0 Å². The summed E-state index contributed by atoms with van der Waals surface area (Å²) >= 11 is 0. The molecule has 0 unspecified atom stereocenters. The zero-order chi connectivity index (χ0) is 12.1. The highest BCUT2D eigenvalue weighted by molar-refractivity contribution is 5.85. The van der Waals surface area contributed by atoms with E-state index in [1.54, 1.807) is 14.2 Å². The Morgan fingerprint density at radius 3 is 2.39 bits per heavy atom. The molecule has 3 nitrogen and oxygen atoms in total. The Balaban J connectivity index is 0.00000162. The molecule has 0 aromatic heterocycles. The van der Waals surface area contributed by atoms with E-state index in [-0.39, 0.29) is 12.4 Å². The number of ether oxygens (including phenoxy) is 2. The summed E-state index contributed by atoms with van der Waals surface area (Å²) in [5, 5.41) is 3.40. The standard InChI is InChI=1S/C14H21NO2.ClH/c1-16-13-4-3-12(10-14(13)17-2)9-11-5-7-15-8-6-11;/h3-4,10-11,15H,5-9H2,1-2H3;1H. The maximum Gasteiger partial charge on any atom is 0.160 e. The van der Waals surface area contributed by atoms with E-state index in [1.165, 1.54) is 18.4 Å². The first-order valence-corrected chi connectivity index (χ1v) is 6.25. The molecule has 0 amide bonds. The molecule has 1 aliphatic rings. The van der Waals surface area contributed by atoms with Gasteiger partial charge in [0, 0.05) is 0 Å². The lowest BCUT2D eigenvalue weighted by Gasteiger charge is -2.22. The van der Waals surface area contributed by atoms with E-state index < -0.39 is 0 Å². The normalized spacial score (nSPS) is 15.9. The minimum absolute atomic E-state index is 0. The molecule has 18 heavy (non-hydrogen) atoms. The summed E-state index contributed by atoms with van der Waals surface area (Å²) in [5.41, 5.74) is 1.34. The topological polar surface area (TPSA) is 30.5 Å². The predicted octanol–water partition coefficient (Wildman–Crippen LogP) is 2.67. The van der Waals surface area contributed by atoms with E-state index in [9.17, 15) is 0 Å². The molecular formula is C14H22ClNO2. The maximum atomic E-state index is 5.33. The highest BCUT2D eigenvalue weighted by atomic mass is 35.5. The number of nitrogens with one attached hydrogen (secondary N) is 1. The Kier molecular flexibility index (Phi) is 6.30. The molecule has 0 aliphatic carbocycles. The van der Waals surface area contributed by atoms with Gasteiger partial charge in [-0.15, -0.1) is 12.4 Å². The molecule has 1 aliphatic heterocycles. The van der Waals surface area contributed by atoms with E-state index in [4.69, 9.17) is 9.47 Å². The third kappa shape index (κ3) is 3.79. The minimum Gasteiger partial charge on any atom is -0.493 e. The number of hydrogen-bond donors (Lipinski definition) is 1. The van der Waals surface area contributed by atoms with Crippen LogP contribution in [0.25, 0.3) is 0 Å². The van der Waals surface area contributed by atoms with Crippen LogP contribution >= 0.6 is 12.4 Å². The summed E-state index contributed by atoms with van der Waals surface area (Å²) < 4.78 is 10.6. The summed E-state index contributed by atoms with van der Waals surface area (Å²) in [5.74, 6) is 2.44. The Bertz CT molecular complexity index is 365. The van der Waals surface area contributed by atoms with Gasteiger partial charge >= 0.3 is 0 Å². The van der Waals surface area contributed by atoms with Crippen molar-refractivity contribution in [3.05, 3.63) is 23.8 Å². The quantitative estimate of drug-likeness (QED) is 0.913. The maximum absolute atomic E-state index is 5.33. The number of hydrogen-bond acceptors (Lipinski definition) is 3. The van der Waals surface area contributed by atoms with Crippen molar-refractivity contribution in [1.29, 1.82) is 0 Å². The number of halogens is 1. The lowest BCUT2D eigenvalue weighted by molar-refractivity contribution is 0.351. The molecule has 1 fully saturated rings. The monoisotopic (exact) mass is 271 g/mol. The largest absolute Gasteiger partial charge is 0.493 e. The van der Waals surface area contributed by atoms with Crippen LogP contribution in [0.2, 0.25) is 0 Å². The van der Waals surface area contributed by atoms with Gasteiger partial charge in [-0.3, -0.25) is 0 Å². The summed E-state index contributed by atoms with van der Waals surface area (Å²) in [7, 11) is 3.36. The first kappa shape index (κ1) is 15.1. The fourth-order valence-corrected chi connectivity index (χ4v) is 2.43. The smallest absolute Gasteiger partial charge is 0.160 e. The van der Waals surface area contributed by atoms with E-state index in [1.807, 2.05) is 6.07 Å². The Morgan fingerprint density at radius 1 is 1.11 bits per heavy atom. The number of piperidine rings is 1. The van der Waals surface area contributed by atoms with E-state index >= 15 is 0 Å². The zero-order valence-electron chi connectivity index (χ0n) is 11.1. The first-order chi connectivity index (χ1) is 8.33. The minimum atomic E-state index is 0. The third-order valence-electron chi connectivity index (χ3n) is 3.43. The molecule has 1 aromatic rings. The van der Waals surface area contributed by atoms with Crippen LogP contribution in [0.1, 0.15) is 18.4 Å². The van der Waals surface area contributed by atoms with Crippen molar-refractivity contribution in [3.8, 4) is 11.5 Å². The average molecular weight is 272 g/mol. The molecule has 1 heterocycles. The first-order valence-electron chi connectivity index (χ1n) is 6.25. The van der Waals surface area contributed by atoms with Gasteiger partial charge in [-0.2, -0.15) is 0 Å². The second-order valence-electron chi connectivity index (χ2n) is 4.59. The molecule has 0 atom stereocenters. The second-order valence-corrected chi connectivity index (χ2v) is 4.59. The van der Waals surface area contributed by atoms with Crippen molar-refractivity contribution in [2.45, 2.75) is 19.3 Å². The van der Waals surface area contributed by atoms with Gasteiger partial charge in [-0.05, 0) is 56.0 Å². The van der Waals surface area contributed by atoms with Crippen LogP contribution in [0.5, 0.6) is 11.5 Å². The number of benzene rings is 1. The van der Waals surface area contributed by atoms with Gasteiger partial charge in [0.25, 0.3) is 0 Å². The molecule has 0 radical (unpaired) electrons. The van der Waals surface area contributed by atoms with Crippen LogP contribution in [0.15, 0.2) is 18.2 Å². The van der Waals surface area contributed by atoms with Gasteiger partial charge in [0.05, 0.1) is 14.2 Å². The zero-order valence-corrected chi connectivity index (χ0v) is 11.9. The highest BCUT2D eigenvalue weighted by Crippen LogP contribution is 2.29. The summed E-state index contributed by atoms with van der Waals surface area (Å²) in [6.45, 7) is 2.30. The highest BCUT2D eigenvalue weighted by Gasteiger charge is 2.14. The van der Waals surface area contributed by atoms with Crippen molar-refractivity contribution >= 4 is 12.4 Å².